The van der Waals surface area contributed by atoms with Crippen LogP contribution in [0.15, 0.2) is 55.0 Å². The molecule has 0 bridgehead atoms. The molecule has 1 fully saturated rings. The number of aliphatic hydroxyl groups excluding tert-OH is 1. The Bertz CT molecular complexity index is 903. The number of aromatic nitrogens is 2. The number of nitrogens with zero attached hydrogens (tertiary/aromatic N) is 2. The molecule has 6 heteroatoms. The first kappa shape index (κ1) is 17.4. The van der Waals surface area contributed by atoms with Gasteiger partial charge in [-0.15, -0.1) is 0 Å². The number of carbonyl (C=O) groups excluding carboxylic acids is 1. The Hall–Kier alpha value is -2.99. The van der Waals surface area contributed by atoms with Crippen LogP contribution in [-0.4, -0.2) is 27.2 Å². The van der Waals surface area contributed by atoms with Gasteiger partial charge in [-0.3, -0.25) is 9.78 Å². The van der Waals surface area contributed by atoms with Gasteiger partial charge in [0, 0.05) is 29.4 Å². The minimum absolute atomic E-state index is 0.234. The Morgan fingerprint density at radius 2 is 2.15 bits per heavy atom. The van der Waals surface area contributed by atoms with E-state index in [-0.39, 0.29) is 11.8 Å². The van der Waals surface area contributed by atoms with Gasteiger partial charge in [-0.25, -0.2) is 4.98 Å². The topological polar surface area (TPSA) is 87.1 Å². The lowest BCUT2D eigenvalue weighted by Crippen LogP contribution is -2.22. The monoisotopic (exact) mass is 362 g/mol. The highest BCUT2D eigenvalue weighted by Gasteiger charge is 2.29. The van der Waals surface area contributed by atoms with Crippen LogP contribution in [0.25, 0.3) is 5.57 Å². The van der Waals surface area contributed by atoms with Crippen LogP contribution in [0.3, 0.4) is 0 Å². The van der Waals surface area contributed by atoms with E-state index in [4.69, 9.17) is 0 Å². The minimum atomic E-state index is -0.618. The summed E-state index contributed by atoms with van der Waals surface area (Å²) >= 11 is 0. The summed E-state index contributed by atoms with van der Waals surface area (Å²) < 4.78 is 0. The average molecular weight is 362 g/mol. The van der Waals surface area contributed by atoms with Gasteiger partial charge in [-0.05, 0) is 49.5 Å². The molecule has 4 rings (SSSR count). The Morgan fingerprint density at radius 1 is 1.26 bits per heavy atom. The summed E-state index contributed by atoms with van der Waals surface area (Å²) in [6.07, 6.45) is 14.6. The van der Waals surface area contributed by atoms with E-state index >= 15 is 0 Å². The van der Waals surface area contributed by atoms with E-state index in [2.05, 4.69) is 32.8 Å². The summed E-state index contributed by atoms with van der Waals surface area (Å²) in [6.45, 7) is 0. The minimum Gasteiger partial charge on any atom is -0.373 e. The maximum Gasteiger partial charge on any atom is 0.255 e. The predicted molar refractivity (Wildman–Crippen MR) is 105 cm³/mol. The highest BCUT2D eigenvalue weighted by atomic mass is 16.3. The predicted octanol–water partition coefficient (Wildman–Crippen LogP) is 3.60. The van der Waals surface area contributed by atoms with Crippen LogP contribution in [0.4, 0.5) is 11.5 Å². The first-order valence-corrected chi connectivity index (χ1v) is 9.23. The van der Waals surface area contributed by atoms with Gasteiger partial charge in [0.25, 0.3) is 5.91 Å². The van der Waals surface area contributed by atoms with E-state index < -0.39 is 6.23 Å². The van der Waals surface area contributed by atoms with Gasteiger partial charge < -0.3 is 15.7 Å². The first-order chi connectivity index (χ1) is 13.2. The normalized spacial score (nSPS) is 17.1. The number of anilines is 2. The van der Waals surface area contributed by atoms with E-state index in [1.807, 2.05) is 12.1 Å². The third kappa shape index (κ3) is 4.23. The van der Waals surface area contributed by atoms with E-state index in [1.165, 1.54) is 5.57 Å². The SMILES string of the molecule is O=C(Nc1cnccc1C1=CC=CCC1)c1ccnc(NC(O)C2CC2)c1. The van der Waals surface area contributed by atoms with Crippen molar-refractivity contribution in [1.29, 1.82) is 0 Å². The van der Waals surface area contributed by atoms with Crippen LogP contribution >= 0.6 is 0 Å². The zero-order chi connectivity index (χ0) is 18.6. The lowest BCUT2D eigenvalue weighted by Gasteiger charge is -2.15. The molecule has 2 aliphatic carbocycles. The zero-order valence-electron chi connectivity index (χ0n) is 14.9. The molecule has 0 spiro atoms. The fourth-order valence-corrected chi connectivity index (χ4v) is 3.13. The van der Waals surface area contributed by atoms with Crippen LogP contribution in [-0.2, 0) is 0 Å². The van der Waals surface area contributed by atoms with Crippen molar-refractivity contribution in [3.63, 3.8) is 0 Å². The molecule has 27 heavy (non-hydrogen) atoms. The molecule has 2 aromatic rings. The second-order valence-corrected chi connectivity index (χ2v) is 6.89. The molecular weight excluding hydrogens is 340 g/mol. The van der Waals surface area contributed by atoms with Gasteiger partial charge >= 0.3 is 0 Å². The molecule has 0 aromatic carbocycles. The molecule has 1 atom stereocenters. The van der Waals surface area contributed by atoms with Crippen LogP contribution in [0, 0.1) is 5.92 Å². The molecule has 6 nitrogen and oxygen atoms in total. The molecular formula is C21H22N4O2. The summed E-state index contributed by atoms with van der Waals surface area (Å²) in [5.41, 5.74) is 3.33. The van der Waals surface area contributed by atoms with E-state index in [0.717, 1.165) is 31.2 Å². The number of amides is 1. The van der Waals surface area contributed by atoms with Gasteiger partial charge in [0.2, 0.25) is 0 Å². The molecule has 0 radical (unpaired) electrons. The lowest BCUT2D eigenvalue weighted by atomic mass is 9.97. The second kappa shape index (κ2) is 7.72. The number of hydrogen-bond acceptors (Lipinski definition) is 5. The third-order valence-electron chi connectivity index (χ3n) is 4.82. The standard InChI is InChI=1S/C21H22N4O2/c26-20(15-6-7-15)25-19-12-16(8-11-23-19)21(27)24-18-13-22-10-9-17(18)14-4-2-1-3-5-14/h1-2,4,8-13,15,20,26H,3,5-7H2,(H,23,25)(H,24,27). The summed E-state index contributed by atoms with van der Waals surface area (Å²) in [4.78, 5) is 21.1. The van der Waals surface area contributed by atoms with Crippen molar-refractivity contribution < 1.29 is 9.90 Å². The van der Waals surface area contributed by atoms with Crippen molar-refractivity contribution in [2.24, 2.45) is 5.92 Å². The van der Waals surface area contributed by atoms with Crippen LogP contribution in [0.5, 0.6) is 0 Å². The van der Waals surface area contributed by atoms with Crippen molar-refractivity contribution in [1.82, 2.24) is 9.97 Å². The van der Waals surface area contributed by atoms with Crippen molar-refractivity contribution in [2.45, 2.75) is 31.9 Å². The first-order valence-electron chi connectivity index (χ1n) is 9.23. The van der Waals surface area contributed by atoms with Gasteiger partial charge in [-0.2, -0.15) is 0 Å². The second-order valence-electron chi connectivity index (χ2n) is 6.89. The number of hydrogen-bond donors (Lipinski definition) is 3. The lowest BCUT2D eigenvalue weighted by molar-refractivity contribution is 0.102. The van der Waals surface area contributed by atoms with Gasteiger partial charge in [0.15, 0.2) is 0 Å². The van der Waals surface area contributed by atoms with Crippen molar-refractivity contribution >= 4 is 23.0 Å². The number of aliphatic hydroxyl groups is 1. The fourth-order valence-electron chi connectivity index (χ4n) is 3.13. The van der Waals surface area contributed by atoms with Crippen LogP contribution < -0.4 is 10.6 Å². The Labute approximate surface area is 158 Å². The van der Waals surface area contributed by atoms with Crippen molar-refractivity contribution in [3.8, 4) is 0 Å². The molecule has 0 saturated heterocycles. The maximum atomic E-state index is 12.7. The Kier molecular flexibility index (Phi) is 4.98. The van der Waals surface area contributed by atoms with Gasteiger partial charge in [0.1, 0.15) is 12.0 Å². The summed E-state index contributed by atoms with van der Waals surface area (Å²) in [5.74, 6) is 0.538. The van der Waals surface area contributed by atoms with E-state index in [9.17, 15) is 9.90 Å². The Morgan fingerprint density at radius 3 is 2.93 bits per heavy atom. The van der Waals surface area contributed by atoms with E-state index in [1.54, 1.807) is 30.7 Å². The van der Waals surface area contributed by atoms with Crippen LogP contribution in [0.2, 0.25) is 0 Å². The van der Waals surface area contributed by atoms with Crippen molar-refractivity contribution in [3.05, 3.63) is 66.1 Å². The molecule has 2 heterocycles. The smallest absolute Gasteiger partial charge is 0.255 e. The van der Waals surface area contributed by atoms with E-state index in [0.29, 0.717) is 17.1 Å². The zero-order valence-corrected chi connectivity index (χ0v) is 14.9. The number of nitrogens with one attached hydrogen (secondary N) is 2. The fraction of sp³-hybridized carbons (Fsp3) is 0.286. The summed E-state index contributed by atoms with van der Waals surface area (Å²) in [6, 6.07) is 5.23. The molecule has 1 saturated carbocycles. The Balaban J connectivity index is 1.51. The number of rotatable bonds is 6. The summed E-state index contributed by atoms with van der Waals surface area (Å²) in [5, 5.41) is 15.9. The summed E-state index contributed by atoms with van der Waals surface area (Å²) in [7, 11) is 0. The average Bonchev–Trinajstić information content (AvgIpc) is 3.55. The molecule has 138 valence electrons. The highest BCUT2D eigenvalue weighted by Crippen LogP contribution is 2.33. The number of carbonyl (C=O) groups is 1. The van der Waals surface area contributed by atoms with Gasteiger partial charge in [0.05, 0.1) is 11.9 Å². The largest absolute Gasteiger partial charge is 0.373 e. The highest BCUT2D eigenvalue weighted by molar-refractivity contribution is 6.05. The third-order valence-corrected chi connectivity index (χ3v) is 4.82. The number of pyridine rings is 2. The van der Waals surface area contributed by atoms with Crippen molar-refractivity contribution in [2.75, 3.05) is 10.6 Å². The quantitative estimate of drug-likeness (QED) is 0.684. The maximum absolute atomic E-state index is 12.7. The molecule has 1 amide bonds. The molecule has 1 unspecified atom stereocenters. The molecule has 2 aromatic heterocycles. The molecule has 3 N–H and O–H groups in total. The van der Waals surface area contributed by atoms with Crippen LogP contribution in [0.1, 0.15) is 41.6 Å². The molecule has 0 aliphatic heterocycles. The number of allylic oxidation sites excluding steroid dienone is 4. The molecule has 2 aliphatic rings. The van der Waals surface area contributed by atoms with Gasteiger partial charge in [-0.1, -0.05) is 18.2 Å².